The van der Waals surface area contributed by atoms with E-state index in [-0.39, 0.29) is 23.5 Å². The van der Waals surface area contributed by atoms with Crippen LogP contribution in [0.4, 0.5) is 5.69 Å². The normalized spacial score (nSPS) is 20.4. The Morgan fingerprint density at radius 2 is 1.91 bits per heavy atom. The maximum absolute atomic E-state index is 13.1. The van der Waals surface area contributed by atoms with Gasteiger partial charge in [-0.05, 0) is 48.9 Å². The number of amides is 1. The molecule has 1 amide bonds. The molecular weight excluding hydrogens is 444 g/mol. The third-order valence-electron chi connectivity index (χ3n) is 6.43. The van der Waals surface area contributed by atoms with Gasteiger partial charge in [0.05, 0.1) is 40.3 Å². The van der Waals surface area contributed by atoms with Gasteiger partial charge in [-0.1, -0.05) is 6.07 Å². The first-order valence-corrected chi connectivity index (χ1v) is 12.8. The van der Waals surface area contributed by atoms with E-state index in [2.05, 4.69) is 25.5 Å². The van der Waals surface area contributed by atoms with E-state index in [1.54, 1.807) is 12.1 Å². The molecule has 2 aromatic heterocycles. The van der Waals surface area contributed by atoms with Gasteiger partial charge in [0, 0.05) is 31.7 Å². The molecule has 1 unspecified atom stereocenters. The Hall–Kier alpha value is -3.28. The van der Waals surface area contributed by atoms with E-state index in [0.29, 0.717) is 38.2 Å². The molecule has 11 nitrogen and oxygen atoms in total. The lowest BCUT2D eigenvalue weighted by molar-refractivity contribution is 0.0746. The maximum Gasteiger partial charge on any atom is 0.254 e. The van der Waals surface area contributed by atoms with Crippen molar-refractivity contribution in [2.24, 2.45) is 0 Å². The van der Waals surface area contributed by atoms with Crippen molar-refractivity contribution >= 4 is 21.4 Å². The topological polar surface area (TPSA) is 119 Å². The smallest absolute Gasteiger partial charge is 0.254 e. The molecule has 2 saturated heterocycles. The van der Waals surface area contributed by atoms with E-state index in [1.807, 2.05) is 35.6 Å². The number of carbonyl (C=O) groups is 1. The van der Waals surface area contributed by atoms with Gasteiger partial charge in [-0.15, -0.1) is 5.10 Å². The molecule has 2 fully saturated rings. The summed E-state index contributed by atoms with van der Waals surface area (Å²) in [6, 6.07) is 7.17. The van der Waals surface area contributed by atoms with Gasteiger partial charge in [-0.2, -0.15) is 5.10 Å². The molecule has 0 spiro atoms. The third kappa shape index (κ3) is 4.10. The van der Waals surface area contributed by atoms with E-state index >= 15 is 0 Å². The second-order valence-corrected chi connectivity index (χ2v) is 10.8. The Balaban J connectivity index is 1.28. The Labute approximate surface area is 191 Å². The van der Waals surface area contributed by atoms with Gasteiger partial charge in [0.1, 0.15) is 6.33 Å². The van der Waals surface area contributed by atoms with Crippen molar-refractivity contribution in [3.8, 4) is 5.69 Å². The number of rotatable bonds is 4. The third-order valence-corrected chi connectivity index (χ3v) is 8.18. The number of tetrazole rings is 1. The molecule has 0 radical (unpaired) electrons. The van der Waals surface area contributed by atoms with Crippen molar-refractivity contribution in [2.45, 2.75) is 26.3 Å². The van der Waals surface area contributed by atoms with Gasteiger partial charge in [0.2, 0.25) is 0 Å². The molecule has 0 aliphatic carbocycles. The van der Waals surface area contributed by atoms with Gasteiger partial charge in [-0.3, -0.25) is 9.48 Å². The molecule has 0 bridgehead atoms. The number of nitrogens with zero attached hydrogens (tertiary/aromatic N) is 8. The summed E-state index contributed by atoms with van der Waals surface area (Å²) in [6.45, 7) is 6.53. The Morgan fingerprint density at radius 3 is 2.58 bits per heavy atom. The van der Waals surface area contributed by atoms with Crippen LogP contribution in [0.25, 0.3) is 5.69 Å². The summed E-state index contributed by atoms with van der Waals surface area (Å²) < 4.78 is 27.3. The molecule has 174 valence electrons. The average molecular weight is 471 g/mol. The molecule has 4 heterocycles. The minimum Gasteiger partial charge on any atom is -0.365 e. The van der Waals surface area contributed by atoms with E-state index < -0.39 is 9.84 Å². The van der Waals surface area contributed by atoms with Crippen LogP contribution in [0.3, 0.4) is 0 Å². The van der Waals surface area contributed by atoms with Gasteiger partial charge in [0.15, 0.2) is 9.84 Å². The number of aryl methyl sites for hydroxylation is 1. The van der Waals surface area contributed by atoms with Crippen molar-refractivity contribution in [2.75, 3.05) is 42.6 Å². The van der Waals surface area contributed by atoms with Gasteiger partial charge in [-0.25, -0.2) is 13.1 Å². The predicted molar refractivity (Wildman–Crippen MR) is 121 cm³/mol. The second-order valence-electron chi connectivity index (χ2n) is 8.60. The van der Waals surface area contributed by atoms with Crippen LogP contribution in [0.2, 0.25) is 0 Å². The van der Waals surface area contributed by atoms with Crippen LogP contribution in [0.15, 0.2) is 30.6 Å². The summed E-state index contributed by atoms with van der Waals surface area (Å²) in [5, 5.41) is 15.8. The summed E-state index contributed by atoms with van der Waals surface area (Å²) in [4.78, 5) is 17.2. The minimum atomic E-state index is -2.98. The lowest BCUT2D eigenvalue weighted by atomic mass is 10.1. The average Bonchev–Trinajstić information content (AvgIpc) is 3.53. The fourth-order valence-corrected chi connectivity index (χ4v) is 6.50. The van der Waals surface area contributed by atoms with Crippen molar-refractivity contribution in [1.29, 1.82) is 0 Å². The number of benzene rings is 1. The Bertz CT molecular complexity index is 1280. The molecule has 1 aromatic carbocycles. The predicted octanol–water partition coefficient (Wildman–Crippen LogP) is 0.798. The molecule has 2 aliphatic rings. The number of carbonyl (C=O) groups excluding carboxylic acids is 1. The van der Waals surface area contributed by atoms with Crippen molar-refractivity contribution in [1.82, 2.24) is 34.9 Å². The van der Waals surface area contributed by atoms with Crippen LogP contribution < -0.4 is 4.90 Å². The van der Waals surface area contributed by atoms with Crippen LogP contribution in [0.5, 0.6) is 0 Å². The fourth-order valence-electron chi connectivity index (χ4n) is 4.81. The fraction of sp³-hybridized carbons (Fsp3) is 0.476. The van der Waals surface area contributed by atoms with Crippen molar-refractivity contribution < 1.29 is 13.2 Å². The quantitative estimate of drug-likeness (QED) is 0.549. The first kappa shape index (κ1) is 21.6. The van der Waals surface area contributed by atoms with E-state index in [4.69, 9.17) is 0 Å². The van der Waals surface area contributed by atoms with Crippen LogP contribution in [-0.4, -0.2) is 86.9 Å². The van der Waals surface area contributed by atoms with Crippen LogP contribution in [0, 0.1) is 13.8 Å². The largest absolute Gasteiger partial charge is 0.365 e. The molecule has 5 rings (SSSR count). The zero-order chi connectivity index (χ0) is 23.2. The molecule has 0 N–H and O–H groups in total. The summed E-state index contributed by atoms with van der Waals surface area (Å²) in [5.41, 5.74) is 4.26. The number of hydrogen-bond acceptors (Lipinski definition) is 8. The highest BCUT2D eigenvalue weighted by molar-refractivity contribution is 7.91. The van der Waals surface area contributed by atoms with E-state index in [9.17, 15) is 13.2 Å². The standard InChI is InChI=1S/C21H26N8O3S/c1-15-20(16(2)29(23-15)19-6-11-33(31,32)13-19)26-7-9-27(10-8-26)21(30)17-4-3-5-18(12-17)28-14-22-24-25-28/h3-5,12,14,19H,6-11,13H2,1-2H3. The lowest BCUT2D eigenvalue weighted by Gasteiger charge is -2.36. The van der Waals surface area contributed by atoms with Crippen LogP contribution >= 0.6 is 0 Å². The monoisotopic (exact) mass is 470 g/mol. The molecule has 33 heavy (non-hydrogen) atoms. The molecular formula is C21H26N8O3S. The molecule has 2 aliphatic heterocycles. The van der Waals surface area contributed by atoms with Gasteiger partial charge < -0.3 is 9.80 Å². The summed E-state index contributed by atoms with van der Waals surface area (Å²) in [5.74, 6) is 0.353. The minimum absolute atomic E-state index is 0.0233. The SMILES string of the molecule is Cc1nn(C2CCS(=O)(=O)C2)c(C)c1N1CCN(C(=O)c2cccc(-n3cnnn3)c2)CC1. The number of piperazine rings is 1. The van der Waals surface area contributed by atoms with Crippen LogP contribution in [0.1, 0.15) is 34.2 Å². The zero-order valence-electron chi connectivity index (χ0n) is 18.6. The van der Waals surface area contributed by atoms with Crippen LogP contribution in [-0.2, 0) is 9.84 Å². The van der Waals surface area contributed by atoms with E-state index in [0.717, 1.165) is 22.8 Å². The highest BCUT2D eigenvalue weighted by Crippen LogP contribution is 2.31. The number of anilines is 1. The van der Waals surface area contributed by atoms with E-state index in [1.165, 1.54) is 11.0 Å². The van der Waals surface area contributed by atoms with Gasteiger partial charge in [0.25, 0.3) is 5.91 Å². The summed E-state index contributed by atoms with van der Waals surface area (Å²) in [7, 11) is -2.98. The molecule has 0 saturated carbocycles. The Morgan fingerprint density at radius 1 is 1.12 bits per heavy atom. The molecule has 1 atom stereocenters. The molecule has 3 aromatic rings. The van der Waals surface area contributed by atoms with Gasteiger partial charge >= 0.3 is 0 Å². The highest BCUT2D eigenvalue weighted by Gasteiger charge is 2.33. The highest BCUT2D eigenvalue weighted by atomic mass is 32.2. The number of hydrogen-bond donors (Lipinski definition) is 0. The zero-order valence-corrected chi connectivity index (χ0v) is 19.4. The number of aromatic nitrogens is 6. The lowest BCUT2D eigenvalue weighted by Crippen LogP contribution is -2.49. The first-order valence-electron chi connectivity index (χ1n) is 11.0. The Kier molecular flexibility index (Phi) is 5.39. The summed E-state index contributed by atoms with van der Waals surface area (Å²) >= 11 is 0. The van der Waals surface area contributed by atoms with Crippen molar-refractivity contribution in [3.63, 3.8) is 0 Å². The van der Waals surface area contributed by atoms with Crippen molar-refractivity contribution in [3.05, 3.63) is 47.5 Å². The number of sulfone groups is 1. The maximum atomic E-state index is 13.1. The second kappa shape index (κ2) is 8.25. The molecule has 12 heteroatoms. The summed E-state index contributed by atoms with van der Waals surface area (Å²) in [6.07, 6.45) is 2.10. The first-order chi connectivity index (χ1) is 15.8.